The highest BCUT2D eigenvalue weighted by molar-refractivity contribution is 6.35. The molecule has 1 saturated carbocycles. The van der Waals surface area contributed by atoms with E-state index in [1.165, 1.54) is 6.42 Å². The Morgan fingerprint density at radius 2 is 1.90 bits per heavy atom. The van der Waals surface area contributed by atoms with Crippen LogP contribution in [0.15, 0.2) is 24.4 Å². The summed E-state index contributed by atoms with van der Waals surface area (Å²) in [4.78, 5) is 14.6. The number of aromatic amines is 1. The minimum Gasteiger partial charge on any atom is -0.487 e. The SMILES string of the molecule is Cc1ccc2[nH]ncc2c1-c1c(Cl)cc2c(N3CCNCC3)nc(OCC3CCCN3C)nc2c1OC1CC1. The molecule has 4 aromatic rings. The van der Waals surface area contributed by atoms with Crippen molar-refractivity contribution in [3.63, 3.8) is 0 Å². The zero-order valence-electron chi connectivity index (χ0n) is 22.5. The number of nitrogens with zero attached hydrogens (tertiary/aromatic N) is 5. The molecule has 0 bridgehead atoms. The Morgan fingerprint density at radius 1 is 1.05 bits per heavy atom. The monoisotopic (exact) mass is 547 g/mol. The number of H-pyrrole nitrogens is 1. The quantitative estimate of drug-likeness (QED) is 0.348. The number of aromatic nitrogens is 4. The Kier molecular flexibility index (Phi) is 6.45. The van der Waals surface area contributed by atoms with Gasteiger partial charge in [0.2, 0.25) is 0 Å². The highest BCUT2D eigenvalue weighted by Gasteiger charge is 2.31. The first-order valence-corrected chi connectivity index (χ1v) is 14.4. The lowest BCUT2D eigenvalue weighted by Gasteiger charge is -2.30. The Bertz CT molecular complexity index is 1530. The largest absolute Gasteiger partial charge is 0.487 e. The van der Waals surface area contributed by atoms with Crippen LogP contribution in [0.3, 0.4) is 0 Å². The summed E-state index contributed by atoms with van der Waals surface area (Å²) in [7, 11) is 2.16. The number of aryl methyl sites for hydroxylation is 1. The summed E-state index contributed by atoms with van der Waals surface area (Å²) in [6, 6.07) is 6.92. The number of rotatable bonds is 7. The Labute approximate surface area is 232 Å². The fraction of sp³-hybridized carbons (Fsp3) is 0.483. The fourth-order valence-electron chi connectivity index (χ4n) is 5.87. The van der Waals surface area contributed by atoms with Gasteiger partial charge in [-0.2, -0.15) is 15.1 Å². The lowest BCUT2D eigenvalue weighted by molar-refractivity contribution is 0.188. The number of halogens is 1. The van der Waals surface area contributed by atoms with E-state index < -0.39 is 0 Å². The number of likely N-dealkylation sites (N-methyl/N-ethyl adjacent to an activating group) is 1. The molecule has 4 heterocycles. The zero-order chi connectivity index (χ0) is 26.5. The molecule has 0 amide bonds. The maximum atomic E-state index is 7.17. The Balaban J connectivity index is 1.43. The fourth-order valence-corrected chi connectivity index (χ4v) is 6.16. The smallest absolute Gasteiger partial charge is 0.319 e. The van der Waals surface area contributed by atoms with Gasteiger partial charge in [0.05, 0.1) is 22.8 Å². The van der Waals surface area contributed by atoms with Crippen molar-refractivity contribution in [2.24, 2.45) is 0 Å². The van der Waals surface area contributed by atoms with Crippen molar-refractivity contribution in [2.45, 2.75) is 44.8 Å². The van der Waals surface area contributed by atoms with Crippen molar-refractivity contribution in [1.82, 2.24) is 30.4 Å². The van der Waals surface area contributed by atoms with E-state index in [-0.39, 0.29) is 6.10 Å². The summed E-state index contributed by atoms with van der Waals surface area (Å²) < 4.78 is 13.0. The van der Waals surface area contributed by atoms with Gasteiger partial charge in [-0.1, -0.05) is 17.7 Å². The second-order valence-corrected chi connectivity index (χ2v) is 11.4. The summed E-state index contributed by atoms with van der Waals surface area (Å²) >= 11 is 7.17. The molecule has 9 nitrogen and oxygen atoms in total. The first-order chi connectivity index (χ1) is 19.1. The van der Waals surface area contributed by atoms with Crippen molar-refractivity contribution in [3.05, 3.63) is 35.0 Å². The third-order valence-electron chi connectivity index (χ3n) is 8.24. The molecule has 3 fully saturated rings. The first kappa shape index (κ1) is 24.9. The van der Waals surface area contributed by atoms with Crippen molar-refractivity contribution in [2.75, 3.05) is 51.3 Å². The Hall–Kier alpha value is -3.14. The van der Waals surface area contributed by atoms with E-state index in [2.05, 4.69) is 45.4 Å². The number of hydrogen-bond acceptors (Lipinski definition) is 8. The number of hydrogen-bond donors (Lipinski definition) is 2. The minimum atomic E-state index is 0.156. The molecule has 10 heteroatoms. The second kappa shape index (κ2) is 10.1. The van der Waals surface area contributed by atoms with Gasteiger partial charge >= 0.3 is 6.01 Å². The standard InChI is InChI=1S/C29H34ClN7O2/c1-17-5-8-23-21(15-32-35-23)24(17)25-22(30)14-20-26(27(25)39-19-6-7-19)33-29(38-16-18-4-3-11-36(18)2)34-28(20)37-12-9-31-10-13-37/h5,8,14-15,18-19,31H,3-4,6-7,9-13,16H2,1-2H3,(H,32,35). The molecule has 2 saturated heterocycles. The molecule has 2 aromatic heterocycles. The number of fused-ring (bicyclic) bond motifs is 2. The molecule has 1 unspecified atom stereocenters. The molecule has 0 radical (unpaired) electrons. The third-order valence-corrected chi connectivity index (χ3v) is 8.54. The molecule has 2 aliphatic heterocycles. The van der Waals surface area contributed by atoms with E-state index in [0.717, 1.165) is 96.3 Å². The molecule has 39 heavy (non-hydrogen) atoms. The maximum Gasteiger partial charge on any atom is 0.319 e. The number of ether oxygens (including phenoxy) is 2. The minimum absolute atomic E-state index is 0.156. The molecule has 0 spiro atoms. The van der Waals surface area contributed by atoms with E-state index in [0.29, 0.717) is 29.4 Å². The maximum absolute atomic E-state index is 7.17. The molecule has 2 aromatic carbocycles. The molecular weight excluding hydrogens is 514 g/mol. The van der Waals surface area contributed by atoms with Crippen LogP contribution in [0.1, 0.15) is 31.2 Å². The van der Waals surface area contributed by atoms with Gasteiger partial charge in [0.1, 0.15) is 17.9 Å². The summed E-state index contributed by atoms with van der Waals surface area (Å²) in [5.74, 6) is 1.56. The van der Waals surface area contributed by atoms with E-state index in [4.69, 9.17) is 31.0 Å². The van der Waals surface area contributed by atoms with Gasteiger partial charge in [0, 0.05) is 54.1 Å². The van der Waals surface area contributed by atoms with Crippen molar-refractivity contribution in [3.8, 4) is 22.9 Å². The molecule has 3 aliphatic rings. The van der Waals surface area contributed by atoms with Crippen LogP contribution in [0.5, 0.6) is 11.8 Å². The van der Waals surface area contributed by atoms with Crippen molar-refractivity contribution in [1.29, 1.82) is 0 Å². The lowest BCUT2D eigenvalue weighted by atomic mass is 9.94. The van der Waals surface area contributed by atoms with Gasteiger partial charge in [0.15, 0.2) is 5.75 Å². The van der Waals surface area contributed by atoms with E-state index in [9.17, 15) is 0 Å². The molecule has 7 rings (SSSR count). The number of benzene rings is 2. The van der Waals surface area contributed by atoms with Crippen LogP contribution in [0, 0.1) is 6.92 Å². The predicted octanol–water partition coefficient (Wildman–Crippen LogP) is 4.56. The van der Waals surface area contributed by atoms with E-state index >= 15 is 0 Å². The van der Waals surface area contributed by atoms with Crippen LogP contribution in [-0.2, 0) is 0 Å². The van der Waals surface area contributed by atoms with Crippen LogP contribution >= 0.6 is 11.6 Å². The van der Waals surface area contributed by atoms with Crippen LogP contribution in [0.25, 0.3) is 32.9 Å². The average Bonchev–Trinajstić information content (AvgIpc) is 3.47. The Morgan fingerprint density at radius 3 is 2.67 bits per heavy atom. The van der Waals surface area contributed by atoms with Gasteiger partial charge in [-0.05, 0) is 63.9 Å². The molecule has 2 N–H and O–H groups in total. The van der Waals surface area contributed by atoms with Crippen LogP contribution < -0.4 is 19.7 Å². The second-order valence-electron chi connectivity index (χ2n) is 11.0. The van der Waals surface area contributed by atoms with Gasteiger partial charge in [-0.25, -0.2) is 0 Å². The normalized spacial score (nSPS) is 20.3. The van der Waals surface area contributed by atoms with E-state index in [1.54, 1.807) is 0 Å². The highest BCUT2D eigenvalue weighted by atomic mass is 35.5. The van der Waals surface area contributed by atoms with Crippen LogP contribution in [0.4, 0.5) is 5.82 Å². The van der Waals surface area contributed by atoms with Gasteiger partial charge in [-0.15, -0.1) is 0 Å². The van der Waals surface area contributed by atoms with Gasteiger partial charge in [-0.3, -0.25) is 5.10 Å². The predicted molar refractivity (Wildman–Crippen MR) is 154 cm³/mol. The van der Waals surface area contributed by atoms with Gasteiger partial charge in [0.25, 0.3) is 0 Å². The van der Waals surface area contributed by atoms with Gasteiger partial charge < -0.3 is 24.6 Å². The summed E-state index contributed by atoms with van der Waals surface area (Å²) in [6.45, 7) is 7.25. The number of piperazine rings is 1. The highest BCUT2D eigenvalue weighted by Crippen LogP contribution is 2.48. The van der Waals surface area contributed by atoms with Crippen molar-refractivity contribution >= 4 is 39.2 Å². The molecule has 1 atom stereocenters. The summed E-state index contributed by atoms with van der Waals surface area (Å²) in [5.41, 5.74) is 4.67. The van der Waals surface area contributed by atoms with E-state index in [1.807, 2.05) is 18.3 Å². The topological polar surface area (TPSA) is 91.4 Å². The molecule has 204 valence electrons. The third kappa shape index (κ3) is 4.66. The average molecular weight is 548 g/mol. The lowest BCUT2D eigenvalue weighted by Crippen LogP contribution is -2.44. The number of anilines is 1. The molecular formula is C29H34ClN7O2. The van der Waals surface area contributed by atoms with Crippen LogP contribution in [-0.4, -0.2) is 83.6 Å². The van der Waals surface area contributed by atoms with Crippen molar-refractivity contribution < 1.29 is 9.47 Å². The molecule has 1 aliphatic carbocycles. The summed E-state index contributed by atoms with van der Waals surface area (Å²) in [5, 5.41) is 13.4. The number of nitrogens with one attached hydrogen (secondary N) is 2. The number of likely N-dealkylation sites (tertiary alicyclic amines) is 1. The first-order valence-electron chi connectivity index (χ1n) is 14.0. The van der Waals surface area contributed by atoms with Crippen LogP contribution in [0.2, 0.25) is 5.02 Å². The summed E-state index contributed by atoms with van der Waals surface area (Å²) in [6.07, 6.45) is 6.37. The zero-order valence-corrected chi connectivity index (χ0v) is 23.2.